The van der Waals surface area contributed by atoms with Crippen LogP contribution in [0.1, 0.15) is 87.9 Å². The zero-order valence-electron chi connectivity index (χ0n) is 25.2. The van der Waals surface area contributed by atoms with Crippen LogP contribution in [0.5, 0.6) is 11.5 Å². The second kappa shape index (κ2) is 15.2. The van der Waals surface area contributed by atoms with E-state index in [9.17, 15) is 14.7 Å². The first-order chi connectivity index (χ1) is 18.9. The Balaban J connectivity index is 0.00000588. The van der Waals surface area contributed by atoms with Crippen LogP contribution in [-0.4, -0.2) is 35.7 Å². The van der Waals surface area contributed by atoms with Gasteiger partial charge in [0.15, 0.2) is 0 Å². The lowest BCUT2D eigenvalue weighted by molar-refractivity contribution is -0.942. The second-order valence-corrected chi connectivity index (χ2v) is 11.9. The molecule has 2 N–H and O–H groups in total. The summed E-state index contributed by atoms with van der Waals surface area (Å²) in [5.74, 6) is -0.528. The van der Waals surface area contributed by atoms with Gasteiger partial charge in [-0.25, -0.2) is 4.79 Å². The molecule has 222 valence electrons. The molecule has 0 saturated heterocycles. The number of benzene rings is 3. The first kappa shape index (κ1) is 34.0. The van der Waals surface area contributed by atoms with Gasteiger partial charge in [0.2, 0.25) is 0 Å². The van der Waals surface area contributed by atoms with Crippen molar-refractivity contribution < 1.29 is 41.5 Å². The quantitative estimate of drug-likeness (QED) is 0.269. The fourth-order valence-electron chi connectivity index (χ4n) is 4.94. The van der Waals surface area contributed by atoms with Gasteiger partial charge in [0.05, 0.1) is 30.7 Å². The molecule has 0 unspecified atom stereocenters. The summed E-state index contributed by atoms with van der Waals surface area (Å²) in [7, 11) is 0. The number of carbonyl (C=O) groups is 2. The topological polar surface area (TPSA) is 77.3 Å². The summed E-state index contributed by atoms with van der Waals surface area (Å²) in [5.41, 5.74) is 2.13. The van der Waals surface area contributed by atoms with E-state index in [1.54, 1.807) is 57.2 Å². The molecule has 3 rings (SSSR count). The van der Waals surface area contributed by atoms with Gasteiger partial charge in [-0.3, -0.25) is 4.79 Å². The van der Waals surface area contributed by atoms with Crippen LogP contribution in [0.2, 0.25) is 0 Å². The molecule has 0 spiro atoms. The van der Waals surface area contributed by atoms with Gasteiger partial charge in [0.1, 0.15) is 17.1 Å². The van der Waals surface area contributed by atoms with E-state index in [0.717, 1.165) is 29.7 Å². The highest BCUT2D eigenvalue weighted by molar-refractivity contribution is 5.95. The minimum atomic E-state index is -0.727. The molecule has 0 bridgehead atoms. The van der Waals surface area contributed by atoms with Gasteiger partial charge in [-0.05, 0) is 83.9 Å². The molecule has 0 fully saturated rings. The molecule has 0 saturated carbocycles. The van der Waals surface area contributed by atoms with Gasteiger partial charge in [-0.2, -0.15) is 0 Å². The average Bonchev–Trinajstić information content (AvgIpc) is 2.91. The Morgan fingerprint density at radius 3 is 2.02 bits per heavy atom. The van der Waals surface area contributed by atoms with Crippen LogP contribution < -0.4 is 26.8 Å². The largest absolute Gasteiger partial charge is 1.00 e. The highest BCUT2D eigenvalue weighted by atomic mass is 35.5. The van der Waals surface area contributed by atoms with Gasteiger partial charge < -0.3 is 31.9 Å². The van der Waals surface area contributed by atoms with Crippen molar-refractivity contribution in [3.63, 3.8) is 0 Å². The number of aliphatic hydroxyl groups excluding tert-OH is 1. The molecule has 3 aromatic rings. The normalized spacial score (nSPS) is 12.3. The summed E-state index contributed by atoms with van der Waals surface area (Å²) in [6.07, 6.45) is 0.828. The Morgan fingerprint density at radius 2 is 1.44 bits per heavy atom. The Kier molecular flexibility index (Phi) is 12.6. The minimum absolute atomic E-state index is 0. The third kappa shape index (κ3) is 9.15. The fourth-order valence-corrected chi connectivity index (χ4v) is 4.94. The number of esters is 2. The Labute approximate surface area is 251 Å². The Bertz CT molecular complexity index is 1280. The summed E-state index contributed by atoms with van der Waals surface area (Å²) in [6.45, 7) is 15.0. The highest BCUT2D eigenvalue weighted by Gasteiger charge is 2.28. The molecule has 0 aromatic heterocycles. The first-order valence-corrected chi connectivity index (χ1v) is 14.1. The number of hydrogen-bond acceptors (Lipinski definition) is 5. The molecular weight excluding hydrogens is 538 g/mol. The lowest BCUT2D eigenvalue weighted by atomic mass is 9.86. The number of halogens is 1. The second-order valence-electron chi connectivity index (χ2n) is 11.9. The van der Waals surface area contributed by atoms with E-state index < -0.39 is 17.4 Å². The van der Waals surface area contributed by atoms with E-state index in [1.165, 1.54) is 4.90 Å². The van der Waals surface area contributed by atoms with Crippen LogP contribution in [0.4, 0.5) is 0 Å². The SMILES string of the molecule is CC(C)[NH+](CC[C@H](c1ccccc1)c1cc(CO)ccc1OC(=O)c1ccccc1OC(=O)C(C)(C)C)C(C)C.[Cl-]. The highest BCUT2D eigenvalue weighted by Crippen LogP contribution is 2.36. The van der Waals surface area contributed by atoms with Crippen LogP contribution in [0.3, 0.4) is 0 Å². The van der Waals surface area contributed by atoms with Crippen LogP contribution in [-0.2, 0) is 11.4 Å². The molecule has 7 heteroatoms. The van der Waals surface area contributed by atoms with Gasteiger partial charge in [-0.1, -0.05) is 48.5 Å². The van der Waals surface area contributed by atoms with Crippen molar-refractivity contribution in [3.05, 3.63) is 95.1 Å². The van der Waals surface area contributed by atoms with E-state index in [2.05, 4.69) is 39.8 Å². The van der Waals surface area contributed by atoms with Crippen molar-refractivity contribution in [2.24, 2.45) is 5.41 Å². The maximum absolute atomic E-state index is 13.5. The van der Waals surface area contributed by atoms with Crippen LogP contribution in [0.25, 0.3) is 0 Å². The number of nitrogens with one attached hydrogen (secondary N) is 1. The molecule has 0 radical (unpaired) electrons. The van der Waals surface area contributed by atoms with Crippen LogP contribution in [0.15, 0.2) is 72.8 Å². The number of rotatable bonds is 11. The lowest BCUT2D eigenvalue weighted by Crippen LogP contribution is -3.17. The lowest BCUT2D eigenvalue weighted by Gasteiger charge is -2.30. The summed E-state index contributed by atoms with van der Waals surface area (Å²) >= 11 is 0. The minimum Gasteiger partial charge on any atom is -1.00 e. The smallest absolute Gasteiger partial charge is 0.347 e. The summed E-state index contributed by atoms with van der Waals surface area (Å²) in [4.78, 5) is 27.6. The van der Waals surface area contributed by atoms with Crippen molar-refractivity contribution >= 4 is 11.9 Å². The van der Waals surface area contributed by atoms with Crippen molar-refractivity contribution in [2.45, 2.75) is 79.5 Å². The third-order valence-corrected chi connectivity index (χ3v) is 7.16. The third-order valence-electron chi connectivity index (χ3n) is 7.16. The monoisotopic (exact) mass is 581 g/mol. The Morgan fingerprint density at radius 1 is 0.829 bits per heavy atom. The van der Waals surface area contributed by atoms with Gasteiger partial charge in [-0.15, -0.1) is 0 Å². The van der Waals surface area contributed by atoms with E-state index in [4.69, 9.17) is 9.47 Å². The van der Waals surface area contributed by atoms with E-state index >= 15 is 0 Å². The van der Waals surface area contributed by atoms with Crippen molar-refractivity contribution in [1.82, 2.24) is 0 Å². The summed E-state index contributed by atoms with van der Waals surface area (Å²) in [5, 5.41) is 9.95. The van der Waals surface area contributed by atoms with E-state index in [1.807, 2.05) is 24.3 Å². The number of carbonyl (C=O) groups excluding carboxylic acids is 2. The zero-order valence-corrected chi connectivity index (χ0v) is 26.0. The Hall–Kier alpha value is -3.19. The number of quaternary nitrogens is 1. The molecule has 0 amide bonds. The predicted octanol–water partition coefficient (Wildman–Crippen LogP) is 2.58. The van der Waals surface area contributed by atoms with Crippen LogP contribution in [0, 0.1) is 5.41 Å². The molecule has 6 nitrogen and oxygen atoms in total. The molecule has 3 aromatic carbocycles. The van der Waals surface area contributed by atoms with Crippen LogP contribution >= 0.6 is 0 Å². The van der Waals surface area contributed by atoms with Gasteiger partial charge in [0, 0.05) is 17.9 Å². The molecule has 1 atom stereocenters. The maximum atomic E-state index is 13.5. The molecule has 0 aliphatic carbocycles. The molecule has 0 aliphatic heterocycles. The first-order valence-electron chi connectivity index (χ1n) is 14.1. The van der Waals surface area contributed by atoms with Crippen molar-refractivity contribution in [2.75, 3.05) is 6.54 Å². The van der Waals surface area contributed by atoms with E-state index in [-0.39, 0.29) is 36.2 Å². The van der Waals surface area contributed by atoms with Gasteiger partial charge in [0.25, 0.3) is 0 Å². The van der Waals surface area contributed by atoms with Crippen molar-refractivity contribution in [3.8, 4) is 11.5 Å². The molecule has 41 heavy (non-hydrogen) atoms. The maximum Gasteiger partial charge on any atom is 0.347 e. The molecule has 0 heterocycles. The van der Waals surface area contributed by atoms with E-state index in [0.29, 0.717) is 17.8 Å². The standard InChI is InChI=1S/C34H43NO5.ClH/c1-23(2)35(24(3)4)20-19-27(26-13-9-8-10-14-26)29-21-25(22-36)17-18-31(29)39-32(37)28-15-11-12-16-30(28)40-33(38)34(5,6)7;/h8-18,21,23-24,27,36H,19-20,22H2,1-7H3;1H/t27-;/m1./s1. The summed E-state index contributed by atoms with van der Waals surface area (Å²) in [6, 6.07) is 23.2. The number of aliphatic hydroxyl groups is 1. The average molecular weight is 582 g/mol. The number of ether oxygens (including phenoxy) is 2. The van der Waals surface area contributed by atoms with Crippen molar-refractivity contribution in [1.29, 1.82) is 0 Å². The molecular formula is C34H44ClNO5. The predicted molar refractivity (Wildman–Crippen MR) is 158 cm³/mol. The zero-order chi connectivity index (χ0) is 29.4. The number of hydrogen-bond donors (Lipinski definition) is 2. The van der Waals surface area contributed by atoms with Gasteiger partial charge >= 0.3 is 11.9 Å². The summed E-state index contributed by atoms with van der Waals surface area (Å²) < 4.78 is 11.6. The molecule has 0 aliphatic rings. The fraction of sp³-hybridized carbons (Fsp3) is 0.412. The number of para-hydroxylation sites is 1.